The largest absolute Gasteiger partial charge is 0.310 e. The molecule has 0 aliphatic heterocycles. The molecular formula is C16H17Br2NS. The summed E-state index contributed by atoms with van der Waals surface area (Å²) in [4.78, 5) is 2.47. The molecule has 1 N–H and O–H groups in total. The Morgan fingerprint density at radius 2 is 1.80 bits per heavy atom. The molecule has 0 fully saturated rings. The standard InChI is InChI=1S/C16H17Br2NS/c1-3-19-11(2)12-4-9-16(15(18)10-12)20-14-7-5-13(17)6-8-14/h4-11,19H,3H2,1-2H3. The zero-order valence-electron chi connectivity index (χ0n) is 11.5. The topological polar surface area (TPSA) is 12.0 Å². The van der Waals surface area contributed by atoms with E-state index in [-0.39, 0.29) is 0 Å². The minimum Gasteiger partial charge on any atom is -0.310 e. The van der Waals surface area contributed by atoms with Crippen LogP contribution in [0.1, 0.15) is 25.5 Å². The van der Waals surface area contributed by atoms with E-state index in [4.69, 9.17) is 0 Å². The van der Waals surface area contributed by atoms with Gasteiger partial charge in [0.15, 0.2) is 0 Å². The lowest BCUT2D eigenvalue weighted by atomic mass is 10.1. The van der Waals surface area contributed by atoms with Gasteiger partial charge in [0, 0.05) is 24.8 Å². The van der Waals surface area contributed by atoms with Crippen molar-refractivity contribution in [3.8, 4) is 0 Å². The summed E-state index contributed by atoms with van der Waals surface area (Å²) >= 11 is 8.91. The van der Waals surface area contributed by atoms with Gasteiger partial charge in [-0.25, -0.2) is 0 Å². The fourth-order valence-electron chi connectivity index (χ4n) is 1.92. The van der Waals surface area contributed by atoms with Gasteiger partial charge in [0.25, 0.3) is 0 Å². The van der Waals surface area contributed by atoms with E-state index in [0.29, 0.717) is 6.04 Å². The van der Waals surface area contributed by atoms with Crippen LogP contribution >= 0.6 is 43.6 Å². The van der Waals surface area contributed by atoms with Crippen molar-refractivity contribution >= 4 is 43.6 Å². The average molecular weight is 415 g/mol. The first kappa shape index (κ1) is 16.1. The van der Waals surface area contributed by atoms with E-state index in [0.717, 1.165) is 15.5 Å². The Bertz CT molecular complexity index is 569. The van der Waals surface area contributed by atoms with Crippen LogP contribution in [0.15, 0.2) is 61.2 Å². The smallest absolute Gasteiger partial charge is 0.0318 e. The van der Waals surface area contributed by atoms with Gasteiger partial charge in [-0.1, -0.05) is 40.7 Å². The molecule has 0 radical (unpaired) electrons. The molecule has 0 spiro atoms. The lowest BCUT2D eigenvalue weighted by molar-refractivity contribution is 0.597. The Kier molecular flexibility index (Phi) is 6.15. The minimum atomic E-state index is 0.378. The van der Waals surface area contributed by atoms with Gasteiger partial charge in [-0.15, -0.1) is 0 Å². The van der Waals surface area contributed by atoms with Crippen LogP contribution in [0, 0.1) is 0 Å². The van der Waals surface area contributed by atoms with Crippen LogP contribution < -0.4 is 5.32 Å². The third-order valence-corrected chi connectivity index (χ3v) is 5.54. The summed E-state index contributed by atoms with van der Waals surface area (Å²) in [7, 11) is 0. The van der Waals surface area contributed by atoms with Crippen molar-refractivity contribution in [2.75, 3.05) is 6.54 Å². The Balaban J connectivity index is 2.15. The third-order valence-electron chi connectivity index (χ3n) is 3.01. The summed E-state index contributed by atoms with van der Waals surface area (Å²) in [6.45, 7) is 5.30. The highest BCUT2D eigenvalue weighted by Crippen LogP contribution is 2.35. The Morgan fingerprint density at radius 3 is 2.40 bits per heavy atom. The van der Waals surface area contributed by atoms with E-state index in [1.165, 1.54) is 15.4 Å². The summed E-state index contributed by atoms with van der Waals surface area (Å²) in [5, 5.41) is 3.43. The summed E-state index contributed by atoms with van der Waals surface area (Å²) < 4.78 is 2.25. The number of hydrogen-bond acceptors (Lipinski definition) is 2. The van der Waals surface area contributed by atoms with E-state index in [9.17, 15) is 0 Å². The van der Waals surface area contributed by atoms with Crippen LogP contribution in [0.4, 0.5) is 0 Å². The number of halogens is 2. The quantitative estimate of drug-likeness (QED) is 0.640. The summed E-state index contributed by atoms with van der Waals surface area (Å²) in [5.41, 5.74) is 1.30. The fraction of sp³-hybridized carbons (Fsp3) is 0.250. The SMILES string of the molecule is CCNC(C)c1ccc(Sc2ccc(Br)cc2)c(Br)c1. The highest BCUT2D eigenvalue weighted by Gasteiger charge is 2.08. The number of benzene rings is 2. The van der Waals surface area contributed by atoms with Crippen molar-refractivity contribution in [3.63, 3.8) is 0 Å². The molecule has 0 bridgehead atoms. The Hall–Kier alpha value is -0.290. The second-order valence-electron chi connectivity index (χ2n) is 4.53. The maximum atomic E-state index is 3.68. The van der Waals surface area contributed by atoms with E-state index >= 15 is 0 Å². The maximum Gasteiger partial charge on any atom is 0.0318 e. The predicted octanol–water partition coefficient (Wildman–Crippen LogP) is 6.03. The van der Waals surface area contributed by atoms with Gasteiger partial charge in [-0.2, -0.15) is 0 Å². The molecule has 0 saturated carbocycles. The van der Waals surface area contributed by atoms with Gasteiger partial charge in [-0.3, -0.25) is 0 Å². The van der Waals surface area contributed by atoms with Gasteiger partial charge < -0.3 is 5.32 Å². The first-order chi connectivity index (χ1) is 9.60. The van der Waals surface area contributed by atoms with Crippen LogP contribution in [-0.4, -0.2) is 6.54 Å². The minimum absolute atomic E-state index is 0.378. The summed E-state index contributed by atoms with van der Waals surface area (Å²) in [6.07, 6.45) is 0. The molecule has 0 aromatic heterocycles. The lowest BCUT2D eigenvalue weighted by Gasteiger charge is -2.14. The molecule has 106 valence electrons. The third kappa shape index (κ3) is 4.35. The molecule has 2 rings (SSSR count). The molecule has 1 nitrogen and oxygen atoms in total. The highest BCUT2D eigenvalue weighted by atomic mass is 79.9. The summed E-state index contributed by atoms with van der Waals surface area (Å²) in [6, 6.07) is 15.3. The Morgan fingerprint density at radius 1 is 1.10 bits per heavy atom. The molecule has 1 unspecified atom stereocenters. The molecule has 0 heterocycles. The van der Waals surface area contributed by atoms with Crippen molar-refractivity contribution in [1.29, 1.82) is 0 Å². The van der Waals surface area contributed by atoms with Crippen LogP contribution in [0.5, 0.6) is 0 Å². The van der Waals surface area contributed by atoms with Gasteiger partial charge in [-0.05, 0) is 71.4 Å². The number of nitrogens with one attached hydrogen (secondary N) is 1. The Labute approximate surface area is 141 Å². The van der Waals surface area contributed by atoms with Gasteiger partial charge in [0.2, 0.25) is 0 Å². The molecule has 0 aliphatic rings. The van der Waals surface area contributed by atoms with Crippen molar-refractivity contribution in [2.45, 2.75) is 29.7 Å². The molecule has 1 atom stereocenters. The molecule has 20 heavy (non-hydrogen) atoms. The average Bonchev–Trinajstić information content (AvgIpc) is 2.43. The van der Waals surface area contributed by atoms with Crippen molar-refractivity contribution < 1.29 is 0 Å². The van der Waals surface area contributed by atoms with Gasteiger partial charge in [0.1, 0.15) is 0 Å². The van der Waals surface area contributed by atoms with E-state index in [2.05, 4.69) is 93.5 Å². The van der Waals surface area contributed by atoms with Crippen LogP contribution in [0.3, 0.4) is 0 Å². The number of hydrogen-bond donors (Lipinski definition) is 1. The molecule has 0 saturated heterocycles. The van der Waals surface area contributed by atoms with Crippen molar-refractivity contribution in [1.82, 2.24) is 5.32 Å². The maximum absolute atomic E-state index is 3.68. The molecule has 0 amide bonds. The zero-order chi connectivity index (χ0) is 14.5. The fourth-order valence-corrected chi connectivity index (χ4v) is 3.65. The van der Waals surface area contributed by atoms with Gasteiger partial charge >= 0.3 is 0 Å². The molecule has 2 aromatic rings. The van der Waals surface area contributed by atoms with Crippen molar-refractivity contribution in [3.05, 3.63) is 57.0 Å². The zero-order valence-corrected chi connectivity index (χ0v) is 15.5. The normalized spacial score (nSPS) is 12.4. The lowest BCUT2D eigenvalue weighted by Crippen LogP contribution is -2.17. The molecule has 4 heteroatoms. The second kappa shape index (κ2) is 7.64. The second-order valence-corrected chi connectivity index (χ2v) is 7.41. The first-order valence-corrected chi connectivity index (χ1v) is 8.96. The van der Waals surface area contributed by atoms with Gasteiger partial charge in [0.05, 0.1) is 0 Å². The van der Waals surface area contributed by atoms with Crippen LogP contribution in [0.25, 0.3) is 0 Å². The number of rotatable bonds is 5. The van der Waals surface area contributed by atoms with E-state index in [1.54, 1.807) is 11.8 Å². The monoisotopic (exact) mass is 413 g/mol. The van der Waals surface area contributed by atoms with Crippen LogP contribution in [-0.2, 0) is 0 Å². The summed E-state index contributed by atoms with van der Waals surface area (Å²) in [5.74, 6) is 0. The van der Waals surface area contributed by atoms with E-state index in [1.807, 2.05) is 0 Å². The molecular weight excluding hydrogens is 398 g/mol. The predicted molar refractivity (Wildman–Crippen MR) is 94.5 cm³/mol. The van der Waals surface area contributed by atoms with Crippen LogP contribution in [0.2, 0.25) is 0 Å². The van der Waals surface area contributed by atoms with E-state index < -0.39 is 0 Å². The molecule has 2 aromatic carbocycles. The molecule has 0 aliphatic carbocycles. The van der Waals surface area contributed by atoms with Crippen molar-refractivity contribution in [2.24, 2.45) is 0 Å². The first-order valence-electron chi connectivity index (χ1n) is 6.56. The highest BCUT2D eigenvalue weighted by molar-refractivity contribution is 9.10.